The van der Waals surface area contributed by atoms with Crippen LogP contribution in [0.5, 0.6) is 0 Å². The summed E-state index contributed by atoms with van der Waals surface area (Å²) in [7, 11) is 0. The van der Waals surface area contributed by atoms with E-state index in [-0.39, 0.29) is 0 Å². The van der Waals surface area contributed by atoms with Crippen LogP contribution in [0.1, 0.15) is 65.7 Å². The molecule has 2 aliphatic rings. The van der Waals surface area contributed by atoms with Crippen LogP contribution in [0.4, 0.5) is 0 Å². The van der Waals surface area contributed by atoms with Gasteiger partial charge in [-0.25, -0.2) is 0 Å². The van der Waals surface area contributed by atoms with Gasteiger partial charge >= 0.3 is 0 Å². The van der Waals surface area contributed by atoms with Gasteiger partial charge in [0.05, 0.1) is 0 Å². The lowest BCUT2D eigenvalue weighted by Crippen LogP contribution is -2.65. The van der Waals surface area contributed by atoms with E-state index in [1.54, 1.807) is 0 Å². The van der Waals surface area contributed by atoms with E-state index in [9.17, 15) is 0 Å². The Hall–Kier alpha value is -0.0400. The minimum Gasteiger partial charge on any atom is -0.313 e. The van der Waals surface area contributed by atoms with Crippen LogP contribution in [0.25, 0.3) is 0 Å². The molecule has 0 aromatic carbocycles. The number of hydrogen-bond acceptors (Lipinski definition) is 1. The van der Waals surface area contributed by atoms with Crippen molar-refractivity contribution in [3.05, 3.63) is 0 Å². The molecule has 16 heavy (non-hydrogen) atoms. The Morgan fingerprint density at radius 3 is 2.38 bits per heavy atom. The maximum Gasteiger partial charge on any atom is 0.0154 e. The first-order chi connectivity index (χ1) is 7.74. The van der Waals surface area contributed by atoms with E-state index in [0.717, 1.165) is 24.4 Å². The minimum absolute atomic E-state index is 0.595. The van der Waals surface area contributed by atoms with Gasteiger partial charge in [0, 0.05) is 6.04 Å². The molecule has 4 atom stereocenters. The maximum atomic E-state index is 3.77. The predicted octanol–water partition coefficient (Wildman–Crippen LogP) is 3.98. The summed E-state index contributed by atoms with van der Waals surface area (Å²) in [5.41, 5.74) is 0.595. The molecule has 0 saturated heterocycles. The van der Waals surface area contributed by atoms with Crippen molar-refractivity contribution in [1.29, 1.82) is 0 Å². The molecule has 0 aromatic rings. The van der Waals surface area contributed by atoms with Crippen molar-refractivity contribution in [3.8, 4) is 0 Å². The van der Waals surface area contributed by atoms with Crippen molar-refractivity contribution in [2.24, 2.45) is 17.3 Å². The standard InChI is InChI=1S/C15H29N/c1-4-15(3)13-11-9-7-6-8-10-12(13)14(15)16-5-2/h12-14,16H,4-11H2,1-3H3. The summed E-state index contributed by atoms with van der Waals surface area (Å²) >= 11 is 0. The van der Waals surface area contributed by atoms with Crippen molar-refractivity contribution >= 4 is 0 Å². The van der Waals surface area contributed by atoms with Gasteiger partial charge in [0.2, 0.25) is 0 Å². The van der Waals surface area contributed by atoms with Gasteiger partial charge < -0.3 is 5.32 Å². The third-order valence-electron chi connectivity index (χ3n) is 5.49. The summed E-state index contributed by atoms with van der Waals surface area (Å²) in [6.45, 7) is 8.32. The molecule has 2 aliphatic carbocycles. The average molecular weight is 223 g/mol. The summed E-state index contributed by atoms with van der Waals surface area (Å²) in [5.74, 6) is 2.01. The Kier molecular flexibility index (Phi) is 3.94. The van der Waals surface area contributed by atoms with Gasteiger partial charge in [-0.1, -0.05) is 46.5 Å². The summed E-state index contributed by atoms with van der Waals surface area (Å²) in [6, 6.07) is 0.811. The Labute approximate surface area is 101 Å². The molecule has 0 amide bonds. The monoisotopic (exact) mass is 223 g/mol. The molecule has 1 nitrogen and oxygen atoms in total. The van der Waals surface area contributed by atoms with Gasteiger partial charge in [-0.05, 0) is 43.1 Å². The van der Waals surface area contributed by atoms with Gasteiger partial charge in [0.15, 0.2) is 0 Å². The number of fused-ring (bicyclic) bond motifs is 1. The van der Waals surface area contributed by atoms with Gasteiger partial charge in [0.1, 0.15) is 0 Å². The van der Waals surface area contributed by atoms with Gasteiger partial charge in [0.25, 0.3) is 0 Å². The highest BCUT2D eigenvalue weighted by Crippen LogP contribution is 2.57. The Morgan fingerprint density at radius 1 is 1.06 bits per heavy atom. The van der Waals surface area contributed by atoms with Crippen LogP contribution in [0.3, 0.4) is 0 Å². The molecule has 1 heteroatoms. The highest BCUT2D eigenvalue weighted by Gasteiger charge is 2.56. The van der Waals surface area contributed by atoms with Gasteiger partial charge in [-0.2, -0.15) is 0 Å². The number of hydrogen-bond donors (Lipinski definition) is 1. The molecule has 1 N–H and O–H groups in total. The first-order valence-corrected chi connectivity index (χ1v) is 7.47. The van der Waals surface area contributed by atoms with Gasteiger partial charge in [-0.15, -0.1) is 0 Å². The summed E-state index contributed by atoms with van der Waals surface area (Å²) in [6.07, 6.45) is 10.2. The summed E-state index contributed by atoms with van der Waals surface area (Å²) in [5, 5.41) is 3.77. The average Bonchev–Trinajstić information content (AvgIpc) is 2.26. The molecule has 2 saturated carbocycles. The molecule has 0 radical (unpaired) electrons. The lowest BCUT2D eigenvalue weighted by molar-refractivity contribution is -0.0919. The molecule has 0 spiro atoms. The third-order valence-corrected chi connectivity index (χ3v) is 5.49. The Morgan fingerprint density at radius 2 is 1.75 bits per heavy atom. The summed E-state index contributed by atoms with van der Waals surface area (Å²) in [4.78, 5) is 0. The molecule has 0 bridgehead atoms. The molecular weight excluding hydrogens is 194 g/mol. The highest BCUT2D eigenvalue weighted by molar-refractivity contribution is 5.09. The second kappa shape index (κ2) is 5.08. The zero-order valence-corrected chi connectivity index (χ0v) is 11.4. The molecule has 2 rings (SSSR count). The van der Waals surface area contributed by atoms with E-state index in [4.69, 9.17) is 0 Å². The van der Waals surface area contributed by atoms with Crippen molar-refractivity contribution < 1.29 is 0 Å². The van der Waals surface area contributed by atoms with Crippen LogP contribution in [-0.2, 0) is 0 Å². The molecule has 94 valence electrons. The van der Waals surface area contributed by atoms with Crippen LogP contribution in [0.15, 0.2) is 0 Å². The molecule has 0 aliphatic heterocycles. The minimum atomic E-state index is 0.595. The van der Waals surface area contributed by atoms with Crippen LogP contribution in [0, 0.1) is 17.3 Å². The van der Waals surface area contributed by atoms with Crippen molar-refractivity contribution in [3.63, 3.8) is 0 Å². The lowest BCUT2D eigenvalue weighted by Gasteiger charge is -2.61. The van der Waals surface area contributed by atoms with E-state index in [2.05, 4.69) is 26.1 Å². The smallest absolute Gasteiger partial charge is 0.0154 e. The van der Waals surface area contributed by atoms with Crippen LogP contribution in [0.2, 0.25) is 0 Å². The van der Waals surface area contributed by atoms with Crippen LogP contribution < -0.4 is 5.32 Å². The quantitative estimate of drug-likeness (QED) is 0.763. The first-order valence-electron chi connectivity index (χ1n) is 7.47. The molecular formula is C15H29N. The topological polar surface area (TPSA) is 12.0 Å². The van der Waals surface area contributed by atoms with E-state index in [1.807, 2.05) is 0 Å². The fourth-order valence-corrected chi connectivity index (χ4v) is 4.42. The van der Waals surface area contributed by atoms with Crippen LogP contribution in [-0.4, -0.2) is 12.6 Å². The zero-order chi connectivity index (χ0) is 11.6. The second-order valence-corrected chi connectivity index (χ2v) is 6.16. The van der Waals surface area contributed by atoms with E-state index < -0.39 is 0 Å². The third kappa shape index (κ3) is 1.92. The Bertz CT molecular complexity index is 217. The zero-order valence-electron chi connectivity index (χ0n) is 11.4. The van der Waals surface area contributed by atoms with E-state index >= 15 is 0 Å². The fourth-order valence-electron chi connectivity index (χ4n) is 4.42. The first kappa shape index (κ1) is 12.4. The summed E-state index contributed by atoms with van der Waals surface area (Å²) < 4.78 is 0. The lowest BCUT2D eigenvalue weighted by atomic mass is 9.47. The highest BCUT2D eigenvalue weighted by atomic mass is 15.0. The predicted molar refractivity (Wildman–Crippen MR) is 70.5 cm³/mol. The van der Waals surface area contributed by atoms with Gasteiger partial charge in [-0.3, -0.25) is 0 Å². The van der Waals surface area contributed by atoms with E-state index in [1.165, 1.54) is 44.9 Å². The number of nitrogens with one attached hydrogen (secondary N) is 1. The van der Waals surface area contributed by atoms with Crippen LogP contribution >= 0.6 is 0 Å². The second-order valence-electron chi connectivity index (χ2n) is 6.16. The fraction of sp³-hybridized carbons (Fsp3) is 1.00. The van der Waals surface area contributed by atoms with Crippen molar-refractivity contribution in [2.45, 2.75) is 71.8 Å². The normalized spacial score (nSPS) is 44.1. The molecule has 2 fully saturated rings. The number of rotatable bonds is 3. The largest absolute Gasteiger partial charge is 0.313 e. The SMILES string of the molecule is CCNC1C2CCCCCCC2C1(C)CC. The molecule has 0 heterocycles. The maximum absolute atomic E-state index is 3.77. The molecule has 0 aromatic heterocycles. The Balaban J connectivity index is 2.06. The van der Waals surface area contributed by atoms with E-state index in [0.29, 0.717) is 5.41 Å². The van der Waals surface area contributed by atoms with Crippen molar-refractivity contribution in [1.82, 2.24) is 5.32 Å². The van der Waals surface area contributed by atoms with Crippen molar-refractivity contribution in [2.75, 3.05) is 6.54 Å². The molecule has 4 unspecified atom stereocenters.